The minimum absolute atomic E-state index is 0.0765. The summed E-state index contributed by atoms with van der Waals surface area (Å²) in [5, 5.41) is 8.48. The van der Waals surface area contributed by atoms with Gasteiger partial charge in [-0.15, -0.1) is 0 Å². The Hall–Kier alpha value is -1.26. The maximum Gasteiger partial charge on any atom is 0.104 e. The summed E-state index contributed by atoms with van der Waals surface area (Å²) < 4.78 is 0. The molecule has 0 unspecified atom stereocenters. The molecule has 1 nitrogen and oxygen atoms in total. The van der Waals surface area contributed by atoms with Crippen molar-refractivity contribution in [1.82, 2.24) is 0 Å². The average molecular weight is 160 g/mol. The van der Waals surface area contributed by atoms with Gasteiger partial charge in [0.1, 0.15) is 6.61 Å². The van der Waals surface area contributed by atoms with Gasteiger partial charge in [0.05, 0.1) is 0 Å². The SMILES string of the molecule is Cc1ccc(C#CCO)cc1C. The van der Waals surface area contributed by atoms with Crippen molar-refractivity contribution >= 4 is 0 Å². The topological polar surface area (TPSA) is 20.2 Å². The van der Waals surface area contributed by atoms with Gasteiger partial charge in [-0.3, -0.25) is 0 Å². The van der Waals surface area contributed by atoms with Gasteiger partial charge in [-0.05, 0) is 37.1 Å². The van der Waals surface area contributed by atoms with E-state index in [2.05, 4.69) is 25.7 Å². The van der Waals surface area contributed by atoms with Gasteiger partial charge in [0.15, 0.2) is 0 Å². The molecule has 0 amide bonds. The highest BCUT2D eigenvalue weighted by Crippen LogP contribution is 2.08. The molecule has 62 valence electrons. The second kappa shape index (κ2) is 3.94. The molecule has 1 aromatic rings. The van der Waals surface area contributed by atoms with Crippen molar-refractivity contribution in [2.75, 3.05) is 6.61 Å². The van der Waals surface area contributed by atoms with Crippen molar-refractivity contribution in [2.24, 2.45) is 0 Å². The second-order valence-electron chi connectivity index (χ2n) is 2.76. The van der Waals surface area contributed by atoms with Crippen LogP contribution < -0.4 is 0 Å². The smallest absolute Gasteiger partial charge is 0.104 e. The van der Waals surface area contributed by atoms with Crippen molar-refractivity contribution in [3.63, 3.8) is 0 Å². The first-order valence-electron chi connectivity index (χ1n) is 3.91. The summed E-state index contributed by atoms with van der Waals surface area (Å²) >= 11 is 0. The molecule has 0 aliphatic heterocycles. The van der Waals surface area contributed by atoms with E-state index in [4.69, 9.17) is 5.11 Å². The molecular formula is C11H12O. The Morgan fingerprint density at radius 2 is 2.00 bits per heavy atom. The number of benzene rings is 1. The quantitative estimate of drug-likeness (QED) is 0.572. The Morgan fingerprint density at radius 1 is 1.25 bits per heavy atom. The first kappa shape index (κ1) is 8.83. The lowest BCUT2D eigenvalue weighted by Crippen LogP contribution is -1.82. The van der Waals surface area contributed by atoms with Crippen molar-refractivity contribution < 1.29 is 5.11 Å². The van der Waals surface area contributed by atoms with E-state index in [1.54, 1.807) is 0 Å². The molecule has 0 bridgehead atoms. The average Bonchev–Trinajstić information content (AvgIpc) is 2.07. The van der Waals surface area contributed by atoms with Gasteiger partial charge < -0.3 is 5.11 Å². The van der Waals surface area contributed by atoms with Gasteiger partial charge in [-0.2, -0.15) is 0 Å². The predicted octanol–water partition coefficient (Wildman–Crippen LogP) is 1.65. The number of rotatable bonds is 0. The number of hydrogen-bond acceptors (Lipinski definition) is 1. The van der Waals surface area contributed by atoms with Crippen molar-refractivity contribution in [3.8, 4) is 11.8 Å². The van der Waals surface area contributed by atoms with E-state index < -0.39 is 0 Å². The molecule has 0 heterocycles. The minimum atomic E-state index is -0.0765. The molecule has 0 aromatic heterocycles. The molecule has 12 heavy (non-hydrogen) atoms. The van der Waals surface area contributed by atoms with Gasteiger partial charge in [0.2, 0.25) is 0 Å². The van der Waals surface area contributed by atoms with Crippen LogP contribution in [0.1, 0.15) is 16.7 Å². The number of aliphatic hydroxyl groups is 1. The summed E-state index contributed by atoms with van der Waals surface area (Å²) in [5.74, 6) is 5.48. The highest BCUT2D eigenvalue weighted by Gasteiger charge is 1.91. The van der Waals surface area contributed by atoms with Crippen LogP contribution in [0.2, 0.25) is 0 Å². The molecule has 0 saturated carbocycles. The third-order valence-electron chi connectivity index (χ3n) is 1.82. The zero-order valence-corrected chi connectivity index (χ0v) is 7.39. The van der Waals surface area contributed by atoms with Crippen LogP contribution in [0.15, 0.2) is 18.2 Å². The molecule has 0 aliphatic rings. The Morgan fingerprint density at radius 3 is 2.58 bits per heavy atom. The van der Waals surface area contributed by atoms with E-state index in [0.717, 1.165) is 5.56 Å². The van der Waals surface area contributed by atoms with Crippen LogP contribution >= 0.6 is 0 Å². The summed E-state index contributed by atoms with van der Waals surface area (Å²) in [7, 11) is 0. The summed E-state index contributed by atoms with van der Waals surface area (Å²) in [6.45, 7) is 4.05. The number of hydrogen-bond donors (Lipinski definition) is 1. The molecule has 0 radical (unpaired) electrons. The highest BCUT2D eigenvalue weighted by atomic mass is 16.2. The highest BCUT2D eigenvalue weighted by molar-refractivity contribution is 5.39. The summed E-state index contributed by atoms with van der Waals surface area (Å²) in [5.41, 5.74) is 3.47. The minimum Gasteiger partial charge on any atom is -0.384 e. The summed E-state index contributed by atoms with van der Waals surface area (Å²) in [6.07, 6.45) is 0. The Bertz CT molecular complexity index is 329. The predicted molar refractivity (Wildman–Crippen MR) is 49.9 cm³/mol. The third-order valence-corrected chi connectivity index (χ3v) is 1.82. The first-order chi connectivity index (χ1) is 5.74. The van der Waals surface area contributed by atoms with Crippen LogP contribution in [0.4, 0.5) is 0 Å². The van der Waals surface area contributed by atoms with E-state index in [1.807, 2.05) is 18.2 Å². The normalized spacial score (nSPS) is 8.92. The van der Waals surface area contributed by atoms with Crippen LogP contribution in [0.25, 0.3) is 0 Å². The maximum atomic E-state index is 8.48. The van der Waals surface area contributed by atoms with Gasteiger partial charge in [0, 0.05) is 5.56 Å². The lowest BCUT2D eigenvalue weighted by Gasteiger charge is -1.98. The molecule has 1 rings (SSSR count). The number of aryl methyl sites for hydroxylation is 2. The molecule has 0 fully saturated rings. The fourth-order valence-electron chi connectivity index (χ4n) is 0.961. The zero-order valence-electron chi connectivity index (χ0n) is 7.39. The Balaban J connectivity index is 2.97. The van der Waals surface area contributed by atoms with Crippen molar-refractivity contribution in [2.45, 2.75) is 13.8 Å². The van der Waals surface area contributed by atoms with E-state index in [1.165, 1.54) is 11.1 Å². The second-order valence-corrected chi connectivity index (χ2v) is 2.76. The fourth-order valence-corrected chi connectivity index (χ4v) is 0.961. The maximum absolute atomic E-state index is 8.48. The molecule has 1 heteroatoms. The largest absolute Gasteiger partial charge is 0.384 e. The molecular weight excluding hydrogens is 148 g/mol. The van der Waals surface area contributed by atoms with E-state index in [0.29, 0.717) is 0 Å². The standard InChI is InChI=1S/C11H12O/c1-9-5-6-11(4-3-7-12)8-10(9)2/h5-6,8,12H,7H2,1-2H3. The number of aliphatic hydroxyl groups excluding tert-OH is 1. The molecule has 0 atom stereocenters. The summed E-state index contributed by atoms with van der Waals surface area (Å²) in [4.78, 5) is 0. The van der Waals surface area contributed by atoms with E-state index in [-0.39, 0.29) is 6.61 Å². The molecule has 0 saturated heterocycles. The lowest BCUT2D eigenvalue weighted by molar-refractivity contribution is 0.350. The van der Waals surface area contributed by atoms with Crippen LogP contribution in [-0.4, -0.2) is 11.7 Å². The Labute approximate surface area is 73.0 Å². The summed E-state index contributed by atoms with van der Waals surface area (Å²) in [6, 6.07) is 6.03. The van der Waals surface area contributed by atoms with Crippen molar-refractivity contribution in [3.05, 3.63) is 34.9 Å². The monoisotopic (exact) mass is 160 g/mol. The van der Waals surface area contributed by atoms with Crippen molar-refractivity contribution in [1.29, 1.82) is 0 Å². The van der Waals surface area contributed by atoms with Crippen LogP contribution in [0.5, 0.6) is 0 Å². The fraction of sp³-hybridized carbons (Fsp3) is 0.273. The zero-order chi connectivity index (χ0) is 8.97. The van der Waals surface area contributed by atoms with E-state index >= 15 is 0 Å². The third kappa shape index (κ3) is 2.11. The van der Waals surface area contributed by atoms with Gasteiger partial charge >= 0.3 is 0 Å². The van der Waals surface area contributed by atoms with Gasteiger partial charge in [-0.25, -0.2) is 0 Å². The van der Waals surface area contributed by atoms with Crippen LogP contribution in [0, 0.1) is 25.7 Å². The van der Waals surface area contributed by atoms with E-state index in [9.17, 15) is 0 Å². The Kier molecular flexibility index (Phi) is 2.90. The van der Waals surface area contributed by atoms with Crippen LogP contribution in [0.3, 0.4) is 0 Å². The lowest BCUT2D eigenvalue weighted by atomic mass is 10.1. The molecule has 1 N–H and O–H groups in total. The first-order valence-corrected chi connectivity index (χ1v) is 3.91. The molecule has 0 aliphatic carbocycles. The van der Waals surface area contributed by atoms with Gasteiger partial charge in [0.25, 0.3) is 0 Å². The molecule has 1 aromatic carbocycles. The molecule has 0 spiro atoms. The van der Waals surface area contributed by atoms with Crippen LogP contribution in [-0.2, 0) is 0 Å². The van der Waals surface area contributed by atoms with Gasteiger partial charge in [-0.1, -0.05) is 17.9 Å².